The average molecular weight is 272 g/mol. The molecular formula is C14H20N6. The van der Waals surface area contributed by atoms with E-state index in [9.17, 15) is 0 Å². The van der Waals surface area contributed by atoms with Crippen LogP contribution in [0.15, 0.2) is 30.7 Å². The highest BCUT2D eigenvalue weighted by molar-refractivity contribution is 5.43. The van der Waals surface area contributed by atoms with Gasteiger partial charge in [-0.25, -0.2) is 4.98 Å². The summed E-state index contributed by atoms with van der Waals surface area (Å²) in [5.41, 5.74) is 8.01. The Morgan fingerprint density at radius 1 is 1.30 bits per heavy atom. The molecule has 2 rings (SSSR count). The van der Waals surface area contributed by atoms with E-state index in [1.165, 1.54) is 0 Å². The lowest BCUT2D eigenvalue weighted by atomic mass is 10.2. The molecule has 2 aromatic rings. The number of pyridine rings is 1. The summed E-state index contributed by atoms with van der Waals surface area (Å²) in [6.45, 7) is 1.56. The van der Waals surface area contributed by atoms with Crippen molar-refractivity contribution in [2.75, 3.05) is 31.7 Å². The number of rotatable bonds is 6. The zero-order chi connectivity index (χ0) is 14.4. The summed E-state index contributed by atoms with van der Waals surface area (Å²) >= 11 is 0. The quantitative estimate of drug-likeness (QED) is 0.821. The van der Waals surface area contributed by atoms with Crippen LogP contribution in [0.2, 0.25) is 0 Å². The molecule has 2 aromatic heterocycles. The molecule has 0 fully saturated rings. The maximum Gasteiger partial charge on any atom is 0.224 e. The summed E-state index contributed by atoms with van der Waals surface area (Å²) in [6.07, 6.45) is 6.19. The lowest BCUT2D eigenvalue weighted by Crippen LogP contribution is -2.16. The van der Waals surface area contributed by atoms with Gasteiger partial charge in [-0.3, -0.25) is 4.98 Å². The Hall–Kier alpha value is -2.21. The van der Waals surface area contributed by atoms with Crippen LogP contribution in [0.4, 0.5) is 11.8 Å². The van der Waals surface area contributed by atoms with Gasteiger partial charge in [-0.05, 0) is 32.1 Å². The topological polar surface area (TPSA) is 80.0 Å². The van der Waals surface area contributed by atoms with Crippen molar-refractivity contribution in [3.8, 4) is 0 Å². The first-order valence-electron chi connectivity index (χ1n) is 6.54. The molecule has 3 N–H and O–H groups in total. The minimum Gasteiger partial charge on any atom is -0.383 e. The van der Waals surface area contributed by atoms with E-state index in [0.717, 1.165) is 24.1 Å². The molecule has 106 valence electrons. The molecule has 0 saturated heterocycles. The van der Waals surface area contributed by atoms with Crippen LogP contribution in [0, 0.1) is 0 Å². The zero-order valence-electron chi connectivity index (χ0n) is 11.9. The molecule has 0 saturated carbocycles. The van der Waals surface area contributed by atoms with Gasteiger partial charge in [0, 0.05) is 37.2 Å². The predicted molar refractivity (Wildman–Crippen MR) is 80.3 cm³/mol. The van der Waals surface area contributed by atoms with E-state index in [2.05, 4.69) is 25.2 Å². The molecule has 0 aliphatic carbocycles. The smallest absolute Gasteiger partial charge is 0.224 e. The highest BCUT2D eigenvalue weighted by atomic mass is 15.1. The summed E-state index contributed by atoms with van der Waals surface area (Å²) < 4.78 is 0. The predicted octanol–water partition coefficient (Wildman–Crippen LogP) is 1.17. The molecular weight excluding hydrogens is 252 g/mol. The van der Waals surface area contributed by atoms with Gasteiger partial charge in [0.2, 0.25) is 5.95 Å². The first-order valence-corrected chi connectivity index (χ1v) is 6.54. The van der Waals surface area contributed by atoms with Gasteiger partial charge in [-0.2, -0.15) is 4.98 Å². The van der Waals surface area contributed by atoms with Crippen LogP contribution in [0.3, 0.4) is 0 Å². The normalized spacial score (nSPS) is 10.8. The molecule has 6 heteroatoms. The summed E-state index contributed by atoms with van der Waals surface area (Å²) in [5.74, 6) is 1.08. The van der Waals surface area contributed by atoms with E-state index in [1.54, 1.807) is 12.4 Å². The molecule has 0 radical (unpaired) electrons. The molecule has 0 atom stereocenters. The Morgan fingerprint density at radius 3 is 2.80 bits per heavy atom. The van der Waals surface area contributed by atoms with Gasteiger partial charge in [0.1, 0.15) is 5.82 Å². The Kier molecular flexibility index (Phi) is 4.84. The zero-order valence-corrected chi connectivity index (χ0v) is 11.9. The second-order valence-corrected chi connectivity index (χ2v) is 4.87. The fraction of sp³-hybridized carbons (Fsp3) is 0.357. The van der Waals surface area contributed by atoms with Crippen molar-refractivity contribution in [3.05, 3.63) is 41.9 Å². The number of hydrogen-bond donors (Lipinski definition) is 2. The number of likely N-dealkylation sites (N-methyl/N-ethyl adjacent to an activating group) is 1. The van der Waals surface area contributed by atoms with Crippen LogP contribution < -0.4 is 11.1 Å². The Labute approximate surface area is 119 Å². The largest absolute Gasteiger partial charge is 0.383 e. The van der Waals surface area contributed by atoms with E-state index in [4.69, 9.17) is 5.73 Å². The molecule has 0 aromatic carbocycles. The van der Waals surface area contributed by atoms with Crippen molar-refractivity contribution in [3.63, 3.8) is 0 Å². The fourth-order valence-electron chi connectivity index (χ4n) is 1.73. The van der Waals surface area contributed by atoms with Crippen molar-refractivity contribution >= 4 is 11.8 Å². The van der Waals surface area contributed by atoms with Gasteiger partial charge >= 0.3 is 0 Å². The van der Waals surface area contributed by atoms with Gasteiger partial charge < -0.3 is 16.0 Å². The van der Waals surface area contributed by atoms with E-state index in [0.29, 0.717) is 18.3 Å². The fourth-order valence-corrected chi connectivity index (χ4v) is 1.73. The standard InChI is InChI=1S/C14H20N6/c1-20(2)7-5-12-10-18-14(19-13(12)15)17-9-11-4-3-6-16-8-11/h3-4,6,8,10H,5,7,9H2,1-2H3,(H3,15,17,18,19). The van der Waals surface area contributed by atoms with Crippen LogP contribution in [0.5, 0.6) is 0 Å². The lowest BCUT2D eigenvalue weighted by Gasteiger charge is -2.11. The summed E-state index contributed by atoms with van der Waals surface area (Å²) in [7, 11) is 4.06. The molecule has 0 amide bonds. The van der Waals surface area contributed by atoms with Gasteiger partial charge in [0.05, 0.1) is 0 Å². The highest BCUT2D eigenvalue weighted by Crippen LogP contribution is 2.11. The van der Waals surface area contributed by atoms with Crippen molar-refractivity contribution in [1.82, 2.24) is 19.9 Å². The van der Waals surface area contributed by atoms with Crippen molar-refractivity contribution < 1.29 is 0 Å². The van der Waals surface area contributed by atoms with E-state index < -0.39 is 0 Å². The van der Waals surface area contributed by atoms with Crippen LogP contribution in [-0.2, 0) is 13.0 Å². The van der Waals surface area contributed by atoms with Crippen LogP contribution in [-0.4, -0.2) is 40.5 Å². The number of anilines is 2. The third kappa shape index (κ3) is 4.17. The third-order valence-electron chi connectivity index (χ3n) is 2.90. The van der Waals surface area contributed by atoms with E-state index in [-0.39, 0.29) is 0 Å². The van der Waals surface area contributed by atoms with Gasteiger partial charge in [0.25, 0.3) is 0 Å². The van der Waals surface area contributed by atoms with Gasteiger partial charge in [0.15, 0.2) is 0 Å². The number of nitrogens with two attached hydrogens (primary N) is 1. The van der Waals surface area contributed by atoms with Gasteiger partial charge in [-0.15, -0.1) is 0 Å². The molecule has 2 heterocycles. The summed E-state index contributed by atoms with van der Waals surface area (Å²) in [4.78, 5) is 14.7. The molecule has 0 bridgehead atoms. The molecule has 0 unspecified atom stereocenters. The van der Waals surface area contributed by atoms with Crippen LogP contribution in [0.1, 0.15) is 11.1 Å². The number of hydrogen-bond acceptors (Lipinski definition) is 6. The highest BCUT2D eigenvalue weighted by Gasteiger charge is 2.04. The third-order valence-corrected chi connectivity index (χ3v) is 2.90. The maximum absolute atomic E-state index is 5.95. The minimum atomic E-state index is 0.538. The van der Waals surface area contributed by atoms with Crippen molar-refractivity contribution in [1.29, 1.82) is 0 Å². The Bertz CT molecular complexity index is 541. The minimum absolute atomic E-state index is 0.538. The van der Waals surface area contributed by atoms with Crippen molar-refractivity contribution in [2.24, 2.45) is 0 Å². The molecule has 0 aliphatic heterocycles. The first kappa shape index (κ1) is 14.2. The average Bonchev–Trinajstić information content (AvgIpc) is 2.45. The van der Waals surface area contributed by atoms with Gasteiger partial charge in [-0.1, -0.05) is 6.07 Å². The van der Waals surface area contributed by atoms with E-state index >= 15 is 0 Å². The number of nitrogens with one attached hydrogen (secondary N) is 1. The van der Waals surface area contributed by atoms with Crippen molar-refractivity contribution in [2.45, 2.75) is 13.0 Å². The monoisotopic (exact) mass is 272 g/mol. The second kappa shape index (κ2) is 6.81. The Balaban J connectivity index is 1.95. The molecule has 0 aliphatic rings. The number of nitrogens with zero attached hydrogens (tertiary/aromatic N) is 4. The number of aromatic nitrogens is 3. The molecule has 20 heavy (non-hydrogen) atoms. The SMILES string of the molecule is CN(C)CCc1cnc(NCc2cccnc2)nc1N. The van der Waals surface area contributed by atoms with E-state index in [1.807, 2.05) is 32.4 Å². The summed E-state index contributed by atoms with van der Waals surface area (Å²) in [5, 5.41) is 3.14. The Morgan fingerprint density at radius 2 is 2.15 bits per heavy atom. The maximum atomic E-state index is 5.95. The summed E-state index contributed by atoms with van der Waals surface area (Å²) in [6, 6.07) is 3.89. The van der Waals surface area contributed by atoms with Crippen LogP contribution in [0.25, 0.3) is 0 Å². The first-order chi connectivity index (χ1) is 9.65. The number of nitrogen functional groups attached to an aromatic ring is 1. The van der Waals surface area contributed by atoms with Crippen LogP contribution >= 0.6 is 0 Å². The second-order valence-electron chi connectivity index (χ2n) is 4.87. The molecule has 6 nitrogen and oxygen atoms in total. The lowest BCUT2D eigenvalue weighted by molar-refractivity contribution is 0.413. The molecule has 0 spiro atoms.